The number of hydrogen-bond donors (Lipinski definition) is 0. The number of carbonyl (C=O) groups excluding carboxylic acids is 2. The van der Waals surface area contributed by atoms with Gasteiger partial charge in [-0.25, -0.2) is 9.59 Å². The van der Waals surface area contributed by atoms with Gasteiger partial charge in [-0.1, -0.05) is 13.2 Å². The molecule has 102 valence electrons. The summed E-state index contributed by atoms with van der Waals surface area (Å²) in [6.45, 7) is 13.0. The highest BCUT2D eigenvalue weighted by atomic mass is 28.3. The zero-order chi connectivity index (χ0) is 14.1. The summed E-state index contributed by atoms with van der Waals surface area (Å²) < 4.78 is 10.1. The van der Waals surface area contributed by atoms with Crippen LogP contribution in [0.4, 0.5) is 0 Å². The minimum atomic E-state index is -1.35. The molecule has 0 heterocycles. The third kappa shape index (κ3) is 7.84. The van der Waals surface area contributed by atoms with Gasteiger partial charge in [0.25, 0.3) is 0 Å². The molecule has 0 N–H and O–H groups in total. The lowest BCUT2D eigenvalue weighted by molar-refractivity contribution is -0.139. The minimum Gasteiger partial charge on any atom is -0.519 e. The maximum atomic E-state index is 11.4. The lowest BCUT2D eigenvalue weighted by Gasteiger charge is -2.09. The first-order chi connectivity index (χ1) is 8.34. The van der Waals surface area contributed by atoms with Gasteiger partial charge in [-0.2, -0.15) is 0 Å². The van der Waals surface area contributed by atoms with E-state index in [0.717, 1.165) is 6.42 Å². The van der Waals surface area contributed by atoms with Crippen LogP contribution in [0, 0.1) is 0 Å². The molecule has 0 amide bonds. The second-order valence-corrected chi connectivity index (χ2v) is 6.76. The van der Waals surface area contributed by atoms with E-state index >= 15 is 0 Å². The number of ether oxygens (including phenoxy) is 1. The minimum absolute atomic E-state index is 0.296. The molecular formula is C13H22O4Si. The van der Waals surface area contributed by atoms with Gasteiger partial charge in [0.05, 0.1) is 6.61 Å². The zero-order valence-corrected chi connectivity index (χ0v) is 12.6. The molecule has 0 spiro atoms. The van der Waals surface area contributed by atoms with Crippen LogP contribution in [0.25, 0.3) is 0 Å². The highest BCUT2D eigenvalue weighted by Gasteiger charge is 2.10. The second-order valence-electron chi connectivity index (χ2n) is 4.43. The van der Waals surface area contributed by atoms with E-state index in [-0.39, 0.29) is 11.9 Å². The predicted octanol–water partition coefficient (Wildman–Crippen LogP) is 2.36. The van der Waals surface area contributed by atoms with Gasteiger partial charge < -0.3 is 9.16 Å². The van der Waals surface area contributed by atoms with E-state index in [1.165, 1.54) is 0 Å². The number of carbonyl (C=O) groups is 2. The molecule has 0 bridgehead atoms. The molecule has 0 aromatic rings. The van der Waals surface area contributed by atoms with Crippen molar-refractivity contribution in [1.29, 1.82) is 0 Å². The van der Waals surface area contributed by atoms with E-state index in [1.807, 2.05) is 13.1 Å². The first-order valence-electron chi connectivity index (χ1n) is 6.06. The van der Waals surface area contributed by atoms with Crippen molar-refractivity contribution in [2.24, 2.45) is 0 Å². The molecule has 0 rings (SSSR count). The normalized spacial score (nSPS) is 10.0. The summed E-state index contributed by atoms with van der Waals surface area (Å²) in [7, 11) is -1.35. The molecular weight excluding hydrogens is 248 g/mol. The van der Waals surface area contributed by atoms with Crippen LogP contribution in [-0.2, 0) is 18.8 Å². The third-order valence-electron chi connectivity index (χ3n) is 2.09. The van der Waals surface area contributed by atoms with Crippen LogP contribution < -0.4 is 0 Å². The molecule has 0 fully saturated rings. The average Bonchev–Trinajstić information content (AvgIpc) is 2.26. The van der Waals surface area contributed by atoms with Crippen molar-refractivity contribution in [3.8, 4) is 0 Å². The van der Waals surface area contributed by atoms with Gasteiger partial charge in [-0.3, -0.25) is 0 Å². The van der Waals surface area contributed by atoms with Gasteiger partial charge in [0, 0.05) is 11.1 Å². The molecule has 0 aliphatic rings. The Morgan fingerprint density at radius 2 is 1.72 bits per heavy atom. The fraction of sp³-hybridized carbons (Fsp3) is 0.538. The second kappa shape index (κ2) is 8.69. The molecule has 0 aromatic heterocycles. The van der Waals surface area contributed by atoms with Crippen molar-refractivity contribution in [1.82, 2.24) is 0 Å². The van der Waals surface area contributed by atoms with Crippen molar-refractivity contribution >= 4 is 21.0 Å². The number of unbranched alkanes of at least 4 members (excludes halogenated alkanes) is 1. The summed E-state index contributed by atoms with van der Waals surface area (Å²) in [5, 5.41) is 0. The summed E-state index contributed by atoms with van der Waals surface area (Å²) in [6, 6.07) is 0. The van der Waals surface area contributed by atoms with Crippen molar-refractivity contribution in [3.63, 3.8) is 0 Å². The first-order valence-corrected chi connectivity index (χ1v) is 8.84. The third-order valence-corrected chi connectivity index (χ3v) is 2.77. The SMILES string of the molecule is C=C(C)C(=O)OCCCCC(=C)C(=O)O[SiH](C)C. The van der Waals surface area contributed by atoms with Crippen LogP contribution in [0.3, 0.4) is 0 Å². The summed E-state index contributed by atoms with van der Waals surface area (Å²) >= 11 is 0. The molecule has 0 atom stereocenters. The predicted molar refractivity (Wildman–Crippen MR) is 73.7 cm³/mol. The Kier molecular flexibility index (Phi) is 8.03. The molecule has 0 aliphatic carbocycles. The zero-order valence-electron chi connectivity index (χ0n) is 11.5. The molecule has 5 heteroatoms. The molecule has 0 saturated carbocycles. The Hall–Kier alpha value is -1.36. The molecule has 0 radical (unpaired) electrons. The Morgan fingerprint density at radius 1 is 1.11 bits per heavy atom. The lowest BCUT2D eigenvalue weighted by Crippen LogP contribution is -2.16. The van der Waals surface area contributed by atoms with Crippen molar-refractivity contribution in [2.45, 2.75) is 39.3 Å². The smallest absolute Gasteiger partial charge is 0.333 e. The first kappa shape index (κ1) is 16.6. The van der Waals surface area contributed by atoms with Gasteiger partial charge in [-0.15, -0.1) is 0 Å². The standard InChI is InChI=1S/C13H22O4Si/c1-10(2)12(14)16-9-7-6-8-11(3)13(15)17-18(4)5/h18H,1,3,6-9H2,2,4-5H3. The average molecular weight is 270 g/mol. The molecule has 0 unspecified atom stereocenters. The van der Waals surface area contributed by atoms with Gasteiger partial charge in [-0.05, 0) is 39.3 Å². The maximum Gasteiger partial charge on any atom is 0.333 e. The highest BCUT2D eigenvalue weighted by Crippen LogP contribution is 2.08. The molecule has 0 aliphatic heterocycles. The van der Waals surface area contributed by atoms with Crippen molar-refractivity contribution < 1.29 is 18.8 Å². The molecule has 18 heavy (non-hydrogen) atoms. The van der Waals surface area contributed by atoms with Crippen LogP contribution in [0.5, 0.6) is 0 Å². The van der Waals surface area contributed by atoms with Crippen molar-refractivity contribution in [3.05, 3.63) is 24.3 Å². The number of hydrogen-bond acceptors (Lipinski definition) is 4. The maximum absolute atomic E-state index is 11.4. The molecule has 0 aromatic carbocycles. The Bertz CT molecular complexity index is 334. The summed E-state index contributed by atoms with van der Waals surface area (Å²) in [5.74, 6) is -0.672. The summed E-state index contributed by atoms with van der Waals surface area (Å²) in [4.78, 5) is 22.5. The Labute approximate surface area is 110 Å². The Morgan fingerprint density at radius 3 is 2.22 bits per heavy atom. The quantitative estimate of drug-likeness (QED) is 0.294. The number of rotatable bonds is 8. The van der Waals surface area contributed by atoms with Crippen LogP contribution >= 0.6 is 0 Å². The van der Waals surface area contributed by atoms with Gasteiger partial charge in [0.2, 0.25) is 9.04 Å². The van der Waals surface area contributed by atoms with Crippen molar-refractivity contribution in [2.75, 3.05) is 6.61 Å². The van der Waals surface area contributed by atoms with E-state index in [2.05, 4.69) is 13.2 Å². The summed E-state index contributed by atoms with van der Waals surface area (Å²) in [5.41, 5.74) is 0.882. The van der Waals surface area contributed by atoms with E-state index in [4.69, 9.17) is 9.16 Å². The van der Waals surface area contributed by atoms with Crippen LogP contribution in [0.2, 0.25) is 13.1 Å². The van der Waals surface area contributed by atoms with E-state index in [9.17, 15) is 9.59 Å². The van der Waals surface area contributed by atoms with Crippen LogP contribution in [0.1, 0.15) is 26.2 Å². The molecule has 4 nitrogen and oxygen atoms in total. The van der Waals surface area contributed by atoms with E-state index in [0.29, 0.717) is 30.6 Å². The van der Waals surface area contributed by atoms with Gasteiger partial charge >= 0.3 is 11.9 Å². The Balaban J connectivity index is 3.66. The fourth-order valence-electron chi connectivity index (χ4n) is 1.13. The monoisotopic (exact) mass is 270 g/mol. The van der Waals surface area contributed by atoms with Gasteiger partial charge in [0.15, 0.2) is 0 Å². The topological polar surface area (TPSA) is 52.6 Å². The van der Waals surface area contributed by atoms with E-state index in [1.54, 1.807) is 6.92 Å². The fourth-order valence-corrected chi connectivity index (χ4v) is 1.72. The highest BCUT2D eigenvalue weighted by molar-refractivity contribution is 6.51. The van der Waals surface area contributed by atoms with Gasteiger partial charge in [0.1, 0.15) is 0 Å². The largest absolute Gasteiger partial charge is 0.519 e. The number of esters is 1. The van der Waals surface area contributed by atoms with E-state index < -0.39 is 9.04 Å². The lowest BCUT2D eigenvalue weighted by atomic mass is 10.1. The van der Waals surface area contributed by atoms with Crippen LogP contribution in [0.15, 0.2) is 24.3 Å². The van der Waals surface area contributed by atoms with Crippen LogP contribution in [-0.4, -0.2) is 27.6 Å². The summed E-state index contributed by atoms with van der Waals surface area (Å²) in [6.07, 6.45) is 2.02. The molecule has 0 saturated heterocycles.